The molecular formula is C30H50NO4P. The quantitative estimate of drug-likeness (QED) is 0.354. The fourth-order valence-corrected chi connectivity index (χ4v) is 10.4. The smallest absolute Gasteiger partial charge is 0.334 e. The van der Waals surface area contributed by atoms with E-state index in [4.69, 9.17) is 23.3 Å². The number of hydrogen-bond donors (Lipinski definition) is 0. The van der Waals surface area contributed by atoms with E-state index >= 15 is 0 Å². The maximum Gasteiger partial charge on any atom is 0.334 e. The summed E-state index contributed by atoms with van der Waals surface area (Å²) in [5, 5.41) is 0. The van der Waals surface area contributed by atoms with E-state index < -0.39 is 14.2 Å². The molecule has 4 aliphatic carbocycles. The van der Waals surface area contributed by atoms with Gasteiger partial charge in [-0.15, -0.1) is 0 Å². The van der Waals surface area contributed by atoms with Crippen LogP contribution in [-0.4, -0.2) is 36.4 Å². The van der Waals surface area contributed by atoms with Crippen LogP contribution in [-0.2, 0) is 18.3 Å². The van der Waals surface area contributed by atoms with E-state index in [-0.39, 0.29) is 23.7 Å². The molecule has 0 amide bonds. The van der Waals surface area contributed by atoms with Crippen LogP contribution in [0.25, 0.3) is 0 Å². The highest BCUT2D eigenvalue weighted by atomic mass is 31.2. The van der Waals surface area contributed by atoms with Crippen LogP contribution in [0.1, 0.15) is 112 Å². The van der Waals surface area contributed by atoms with Crippen molar-refractivity contribution in [3.63, 3.8) is 0 Å². The number of ether oxygens (including phenoxy) is 1. The van der Waals surface area contributed by atoms with Gasteiger partial charge in [0.15, 0.2) is 0 Å². The average Bonchev–Trinajstić information content (AvgIpc) is 3.31. The van der Waals surface area contributed by atoms with Gasteiger partial charge >= 0.3 is 8.60 Å². The van der Waals surface area contributed by atoms with Gasteiger partial charge in [0.05, 0.1) is 18.2 Å². The molecule has 0 aromatic heterocycles. The minimum absolute atomic E-state index is 0.0796. The zero-order chi connectivity index (χ0) is 25.1. The van der Waals surface area contributed by atoms with Crippen molar-refractivity contribution >= 4 is 14.5 Å². The fraction of sp³-hybridized carbons (Fsp3) is 0.967. The first kappa shape index (κ1) is 26.0. The van der Waals surface area contributed by atoms with Gasteiger partial charge in [0, 0.05) is 0 Å². The third-order valence-corrected chi connectivity index (χ3v) is 12.3. The van der Waals surface area contributed by atoms with Crippen molar-refractivity contribution in [2.24, 2.45) is 45.9 Å². The molecule has 204 valence electrons. The number of fused-ring (bicyclic) bond motifs is 7. The summed E-state index contributed by atoms with van der Waals surface area (Å²) in [7, 11) is -1.44. The fourth-order valence-electron chi connectivity index (χ4n) is 8.87. The second-order valence-corrected chi connectivity index (χ2v) is 15.5. The second kappa shape index (κ2) is 10.1. The molecule has 0 aromatic rings. The molecule has 6 aliphatic rings. The highest BCUT2D eigenvalue weighted by Crippen LogP contribution is 2.62. The lowest BCUT2D eigenvalue weighted by molar-refractivity contribution is -0.0856. The number of rotatable bonds is 3. The normalized spacial score (nSPS) is 45.3. The maximum absolute atomic E-state index is 6.94. The molecule has 2 aliphatic heterocycles. The molecule has 4 saturated carbocycles. The predicted octanol–water partition coefficient (Wildman–Crippen LogP) is 8.07. The maximum atomic E-state index is 6.94. The Balaban J connectivity index is 1.26. The predicted molar refractivity (Wildman–Crippen MR) is 145 cm³/mol. The summed E-state index contributed by atoms with van der Waals surface area (Å²) in [4.78, 5) is 4.96. The molecule has 9 unspecified atom stereocenters. The van der Waals surface area contributed by atoms with Gasteiger partial charge in [-0.25, -0.2) is 4.99 Å². The monoisotopic (exact) mass is 519 g/mol. The standard InChI is InChI=1S/C30H50NO4P/c1-29(2,3)25-18-32-28(31-25)30(4,5)35-36-33-23-16-14-19-10-6-8-12-21(19)26(23)27-22-13-9-7-11-20(22)15-17-24(27)34-36/h19-27H,6-18H2,1-5H3/t19?,20?,21?,22?,23-,24?,25?,26?,27?,36?/m0/s1. The molecule has 10 atom stereocenters. The molecule has 5 fully saturated rings. The van der Waals surface area contributed by atoms with E-state index in [0.29, 0.717) is 24.3 Å². The summed E-state index contributed by atoms with van der Waals surface area (Å²) >= 11 is 0. The molecule has 0 bridgehead atoms. The Morgan fingerprint density at radius 1 is 0.722 bits per heavy atom. The van der Waals surface area contributed by atoms with Gasteiger partial charge in [0.1, 0.15) is 12.2 Å². The van der Waals surface area contributed by atoms with E-state index in [9.17, 15) is 0 Å². The highest BCUT2D eigenvalue weighted by Gasteiger charge is 2.56. The van der Waals surface area contributed by atoms with Crippen LogP contribution >= 0.6 is 8.60 Å². The zero-order valence-corrected chi connectivity index (χ0v) is 24.3. The lowest BCUT2D eigenvalue weighted by Crippen LogP contribution is -2.51. The number of hydrogen-bond acceptors (Lipinski definition) is 5. The van der Waals surface area contributed by atoms with Crippen LogP contribution in [0.3, 0.4) is 0 Å². The summed E-state index contributed by atoms with van der Waals surface area (Å²) < 4.78 is 26.7. The van der Waals surface area contributed by atoms with E-state index in [2.05, 4.69) is 34.6 Å². The van der Waals surface area contributed by atoms with Crippen LogP contribution < -0.4 is 0 Å². The van der Waals surface area contributed by atoms with E-state index in [1.54, 1.807) is 0 Å². The molecule has 36 heavy (non-hydrogen) atoms. The molecule has 6 rings (SSSR count). The Labute approximate surface area is 220 Å². The molecule has 6 heteroatoms. The Morgan fingerprint density at radius 2 is 1.25 bits per heavy atom. The van der Waals surface area contributed by atoms with Crippen LogP contribution in [0.4, 0.5) is 0 Å². The van der Waals surface area contributed by atoms with E-state index in [0.717, 1.165) is 23.7 Å². The first-order chi connectivity index (χ1) is 17.2. The summed E-state index contributed by atoms with van der Waals surface area (Å²) in [5.41, 5.74) is -0.568. The van der Waals surface area contributed by atoms with Crippen LogP contribution in [0, 0.1) is 40.9 Å². The summed E-state index contributed by atoms with van der Waals surface area (Å²) in [6.45, 7) is 11.5. The summed E-state index contributed by atoms with van der Waals surface area (Å²) in [6, 6.07) is 0.163. The minimum atomic E-state index is -1.44. The van der Waals surface area contributed by atoms with Crippen LogP contribution in [0.2, 0.25) is 0 Å². The Morgan fingerprint density at radius 3 is 1.75 bits per heavy atom. The van der Waals surface area contributed by atoms with E-state index in [1.165, 1.54) is 77.0 Å². The van der Waals surface area contributed by atoms with Crippen LogP contribution in [0.5, 0.6) is 0 Å². The van der Waals surface area contributed by atoms with Gasteiger partial charge < -0.3 is 13.8 Å². The Hall–Kier alpha value is -0.220. The topological polar surface area (TPSA) is 49.3 Å². The number of aliphatic imine (C=N–C) groups is 1. The molecule has 5 nitrogen and oxygen atoms in total. The largest absolute Gasteiger partial charge is 0.477 e. The van der Waals surface area contributed by atoms with Crippen molar-refractivity contribution in [3.05, 3.63) is 0 Å². The average molecular weight is 520 g/mol. The summed E-state index contributed by atoms with van der Waals surface area (Å²) in [5.74, 6) is 5.49. The Bertz CT molecular complexity index is 784. The Kier molecular flexibility index (Phi) is 7.28. The van der Waals surface area contributed by atoms with E-state index in [1.807, 2.05) is 0 Å². The lowest BCUT2D eigenvalue weighted by atomic mass is 9.53. The molecule has 1 saturated heterocycles. The van der Waals surface area contributed by atoms with Crippen molar-refractivity contribution in [1.29, 1.82) is 0 Å². The van der Waals surface area contributed by atoms with Gasteiger partial charge in [-0.05, 0) is 93.3 Å². The van der Waals surface area contributed by atoms with Crippen molar-refractivity contribution in [3.8, 4) is 0 Å². The summed E-state index contributed by atoms with van der Waals surface area (Å²) in [6.07, 6.45) is 16.9. The van der Waals surface area contributed by atoms with Crippen molar-refractivity contribution in [2.45, 2.75) is 136 Å². The molecule has 2 heterocycles. The molecular weight excluding hydrogens is 469 g/mol. The van der Waals surface area contributed by atoms with Crippen LogP contribution in [0.15, 0.2) is 4.99 Å². The van der Waals surface area contributed by atoms with Gasteiger partial charge in [-0.3, -0.25) is 4.52 Å². The third-order valence-electron chi connectivity index (χ3n) is 10.8. The number of nitrogens with zero attached hydrogens (tertiary/aromatic N) is 1. The van der Waals surface area contributed by atoms with Crippen molar-refractivity contribution in [1.82, 2.24) is 0 Å². The van der Waals surface area contributed by atoms with Gasteiger partial charge in [-0.2, -0.15) is 0 Å². The van der Waals surface area contributed by atoms with Gasteiger partial charge in [0.25, 0.3) is 0 Å². The second-order valence-electron chi connectivity index (χ2n) is 14.5. The zero-order valence-electron chi connectivity index (χ0n) is 23.4. The van der Waals surface area contributed by atoms with Crippen molar-refractivity contribution in [2.75, 3.05) is 6.61 Å². The van der Waals surface area contributed by atoms with Crippen molar-refractivity contribution < 1.29 is 18.3 Å². The first-order valence-electron chi connectivity index (χ1n) is 15.2. The van der Waals surface area contributed by atoms with Gasteiger partial charge in [-0.1, -0.05) is 59.3 Å². The first-order valence-corrected chi connectivity index (χ1v) is 16.3. The lowest BCUT2D eigenvalue weighted by Gasteiger charge is -2.53. The minimum Gasteiger partial charge on any atom is -0.477 e. The molecule has 0 aromatic carbocycles. The van der Waals surface area contributed by atoms with Gasteiger partial charge in [0.2, 0.25) is 5.90 Å². The third kappa shape index (κ3) is 4.93. The highest BCUT2D eigenvalue weighted by molar-refractivity contribution is 7.41. The SMILES string of the molecule is CC(C)(OP1OC2CCC3CCCCC3C2C2C3CCCCC3CC[C@@H]2O1)C1=NC(C(C)(C)C)CO1. The molecule has 0 radical (unpaired) electrons. The molecule has 0 spiro atoms. The molecule has 0 N–H and O–H groups in total.